The number of hydrogen-bond acceptors (Lipinski definition) is 4. The van der Waals surface area contributed by atoms with Crippen LogP contribution in [-0.2, 0) is 3.74 Å². The first kappa shape index (κ1) is 14.3. The molecule has 0 spiro atoms. The molecule has 0 saturated heterocycles. The van der Waals surface area contributed by atoms with Gasteiger partial charge in [0.25, 0.3) is 0 Å². The zero-order valence-corrected chi connectivity index (χ0v) is 10.9. The van der Waals surface area contributed by atoms with Crippen molar-refractivity contribution in [1.29, 1.82) is 0 Å². The van der Waals surface area contributed by atoms with Gasteiger partial charge >= 0.3 is 80.2 Å². The second kappa shape index (κ2) is 4.85. The van der Waals surface area contributed by atoms with Crippen molar-refractivity contribution in [3.8, 4) is 5.75 Å². The minimum atomic E-state index is -5.13. The fourth-order valence-electron chi connectivity index (χ4n) is 0.839. The normalized spacial score (nSPS) is 10.5. The Morgan fingerprint density at radius 1 is 1.33 bits per heavy atom. The Kier molecular flexibility index (Phi) is 4.61. The largest absolute Gasteiger partial charge is 0 e. The predicted octanol–water partition coefficient (Wildman–Crippen LogP) is -1.52. The Bertz CT molecular complexity index is 428. The van der Waals surface area contributed by atoms with Gasteiger partial charge in [-0.05, 0) is 0 Å². The van der Waals surface area contributed by atoms with E-state index in [0.717, 1.165) is 12.1 Å². The van der Waals surface area contributed by atoms with Crippen LogP contribution in [0.5, 0.6) is 5.75 Å². The number of rotatable bonds is 2. The molecule has 0 saturated carbocycles. The molecule has 81 valence electrons. The topological polar surface area (TPSA) is 121 Å². The molecule has 7 nitrogen and oxygen atoms in total. The van der Waals surface area contributed by atoms with E-state index in [-0.39, 0.29) is 18.0 Å². The molecule has 9 heteroatoms. The molecule has 3 radical (unpaired) electrons. The van der Waals surface area contributed by atoms with Crippen molar-refractivity contribution in [2.75, 3.05) is 0 Å². The van der Waals surface area contributed by atoms with Crippen molar-refractivity contribution in [2.45, 2.75) is 0 Å². The molecule has 0 bridgehead atoms. The van der Waals surface area contributed by atoms with Gasteiger partial charge in [-0.3, -0.25) is 0 Å². The van der Waals surface area contributed by atoms with Crippen LogP contribution < -0.4 is 4.35 Å². The zero-order chi connectivity index (χ0) is 10.9. The second-order valence-corrected chi connectivity index (χ2v) is 5.84. The summed E-state index contributed by atoms with van der Waals surface area (Å²) in [4.78, 5) is 9.39. The van der Waals surface area contributed by atoms with Crippen LogP contribution in [0.15, 0.2) is 18.2 Å². The van der Waals surface area contributed by atoms with E-state index in [1.165, 1.54) is 0 Å². The quantitative estimate of drug-likeness (QED) is 0.342. The van der Waals surface area contributed by atoms with Crippen molar-refractivity contribution >= 4 is 42.2 Å². The molecule has 0 fully saturated rings. The van der Waals surface area contributed by atoms with Gasteiger partial charge < -0.3 is 0 Å². The van der Waals surface area contributed by atoms with E-state index in [2.05, 4.69) is 0 Å². The van der Waals surface area contributed by atoms with Gasteiger partial charge in [0.15, 0.2) is 0 Å². The first-order valence-electron chi connectivity index (χ1n) is 3.36. The fraction of sp³-hybridized carbons (Fsp3) is 0. The van der Waals surface area contributed by atoms with Gasteiger partial charge in [0.05, 0.1) is 0 Å². The number of phenols is 1. The summed E-state index contributed by atoms with van der Waals surface area (Å²) in [5.74, 6) is -0.622. The summed E-state index contributed by atoms with van der Waals surface area (Å²) in [6.07, 6.45) is 0. The molecule has 0 aliphatic carbocycles. The number of aromatic hydroxyl groups is 1. The Balaban J connectivity index is 0.00000196. The van der Waals surface area contributed by atoms with Crippen LogP contribution in [0.3, 0.4) is 0 Å². The molecule has 0 aliphatic heterocycles. The van der Waals surface area contributed by atoms with Crippen LogP contribution in [0, 0.1) is 10.1 Å². The van der Waals surface area contributed by atoms with Gasteiger partial charge in [0, 0.05) is 18.0 Å². The van der Waals surface area contributed by atoms with Crippen molar-refractivity contribution in [3.63, 3.8) is 0 Å². The van der Waals surface area contributed by atoms with E-state index in [1.807, 2.05) is 0 Å². The molecule has 15 heavy (non-hydrogen) atoms. The first-order chi connectivity index (χ1) is 6.32. The van der Waals surface area contributed by atoms with E-state index >= 15 is 0 Å². The molecule has 0 amide bonds. The Morgan fingerprint density at radius 3 is 2.27 bits per heavy atom. The molecular weight excluding hydrogens is 332 g/mol. The van der Waals surface area contributed by atoms with Crippen LogP contribution in [0.4, 0.5) is 5.69 Å². The molecule has 1 rings (SSSR count). The number of nitro benzene ring substituents is 1. The Labute approximate surface area is 98.2 Å². The summed E-state index contributed by atoms with van der Waals surface area (Å²) in [6, 6.07) is 2.52. The monoisotopic (exact) mass is 338 g/mol. The number of benzene rings is 1. The van der Waals surface area contributed by atoms with E-state index < -0.39 is 34.9 Å². The maximum Gasteiger partial charge on any atom is 0 e. The molecule has 1 aromatic carbocycles. The smallest absolute Gasteiger partial charge is 0 e. The Morgan fingerprint density at radius 2 is 1.87 bits per heavy atom. The van der Waals surface area contributed by atoms with Gasteiger partial charge in [-0.15, -0.1) is 0 Å². The summed E-state index contributed by atoms with van der Waals surface area (Å²) in [6.45, 7) is 0. The van der Waals surface area contributed by atoms with Crippen LogP contribution in [0.1, 0.15) is 0 Å². The van der Waals surface area contributed by atoms with Crippen molar-refractivity contribution in [2.24, 2.45) is 0 Å². The number of hydrogen-bond donors (Lipinski definition) is 3. The summed E-state index contributed by atoms with van der Waals surface area (Å²) in [5.41, 5.74) is -0.716. The van der Waals surface area contributed by atoms with E-state index in [0.29, 0.717) is 6.07 Å². The fourth-order valence-corrected chi connectivity index (χ4v) is 2.01. The van der Waals surface area contributed by atoms with Gasteiger partial charge in [-0.25, -0.2) is 0 Å². The van der Waals surface area contributed by atoms with Gasteiger partial charge in [0.1, 0.15) is 0 Å². The van der Waals surface area contributed by atoms with E-state index in [4.69, 9.17) is 13.3 Å². The Hall–Kier alpha value is -0.743. The minimum absolute atomic E-state index is 0. The number of phenolic OH excluding ortho intramolecular Hbond substituents is 1. The maximum absolute atomic E-state index is 10.8. The second-order valence-electron chi connectivity index (χ2n) is 2.47. The molecule has 0 heterocycles. The molecule has 3 N–H and O–H groups in total. The van der Waals surface area contributed by atoms with Crippen LogP contribution in [0.2, 0.25) is 0 Å². The van der Waals surface area contributed by atoms with Gasteiger partial charge in [0.2, 0.25) is 0 Å². The third kappa shape index (κ3) is 3.39. The average Bonchev–Trinajstić information content (AvgIpc) is 2.02. The number of nitro groups is 1. The average molecular weight is 338 g/mol. The molecule has 0 aliphatic rings. The minimum Gasteiger partial charge on any atom is 0 e. The van der Waals surface area contributed by atoms with Crippen LogP contribution >= 0.6 is 0 Å². The SMILES string of the molecule is O=[N+]([O-])c1cc([As](=O)(O)O)ccc1O.[As]. The summed E-state index contributed by atoms with van der Waals surface area (Å²) in [5, 5.41) is 19.3. The number of nitrogens with zero attached hydrogens (tertiary/aromatic N) is 1. The molecule has 1 aromatic rings. The van der Waals surface area contributed by atoms with Crippen LogP contribution in [-0.4, -0.2) is 50.3 Å². The zero-order valence-electron chi connectivity index (χ0n) is 7.14. The van der Waals surface area contributed by atoms with Crippen molar-refractivity contribution in [1.82, 2.24) is 0 Å². The standard InChI is InChI=1S/C6H6AsNO6.As/c9-6-2-1-4(7(10,11)12)3-5(6)8(13)14;/h1-3,9H,(H2,10,11,12);. The summed E-state index contributed by atoms with van der Waals surface area (Å²) in [7, 11) is 0. The van der Waals surface area contributed by atoms with Crippen molar-refractivity contribution in [3.05, 3.63) is 28.3 Å². The summed E-state index contributed by atoms with van der Waals surface area (Å²) >= 11 is -5.13. The molecule has 0 unspecified atom stereocenters. The third-order valence-corrected chi connectivity index (χ3v) is 3.49. The van der Waals surface area contributed by atoms with Crippen LogP contribution in [0.25, 0.3) is 0 Å². The van der Waals surface area contributed by atoms with E-state index in [1.54, 1.807) is 0 Å². The first-order valence-corrected chi connectivity index (χ1v) is 6.74. The van der Waals surface area contributed by atoms with Gasteiger partial charge in [-0.2, -0.15) is 0 Å². The summed E-state index contributed by atoms with van der Waals surface area (Å²) < 4.78 is 27.8. The molecule has 0 atom stereocenters. The predicted molar refractivity (Wildman–Crippen MR) is 51.0 cm³/mol. The molecule has 0 aromatic heterocycles. The maximum atomic E-state index is 10.8. The van der Waals surface area contributed by atoms with Crippen molar-refractivity contribution < 1.29 is 22.0 Å². The van der Waals surface area contributed by atoms with E-state index in [9.17, 15) is 13.9 Å². The molecular formula is C6H6As2NO6. The third-order valence-electron chi connectivity index (χ3n) is 1.49. The van der Waals surface area contributed by atoms with Gasteiger partial charge in [-0.1, -0.05) is 0 Å².